The van der Waals surface area contributed by atoms with Gasteiger partial charge < -0.3 is 4.74 Å². The van der Waals surface area contributed by atoms with Crippen molar-refractivity contribution in [2.45, 2.75) is 12.8 Å². The molecule has 1 aliphatic rings. The van der Waals surface area contributed by atoms with E-state index in [2.05, 4.69) is 16.0 Å². The third-order valence-corrected chi connectivity index (χ3v) is 2.79. The number of rotatable bonds is 2. The van der Waals surface area contributed by atoms with E-state index in [1.54, 1.807) is 18.5 Å². The fraction of sp³-hybridized carbons (Fsp3) is 0.250. The molecule has 1 aliphatic carbocycles. The SMILES string of the molecule is COc1ncc(C2=C(C#N)CCC(Cl)=C2)cn1. The Morgan fingerprint density at radius 3 is 2.65 bits per heavy atom. The molecule has 0 fully saturated rings. The number of ether oxygens (including phenoxy) is 1. The van der Waals surface area contributed by atoms with Crippen molar-refractivity contribution in [3.05, 3.63) is 34.6 Å². The molecule has 2 rings (SSSR count). The van der Waals surface area contributed by atoms with Gasteiger partial charge in [0.05, 0.1) is 13.2 Å². The number of nitrogens with zero attached hydrogens (tertiary/aromatic N) is 3. The summed E-state index contributed by atoms with van der Waals surface area (Å²) in [6, 6.07) is 2.50. The van der Waals surface area contributed by atoms with Gasteiger partial charge in [-0.05, 0) is 24.5 Å². The normalized spacial score (nSPS) is 15.2. The number of hydrogen-bond donors (Lipinski definition) is 0. The Hall–Kier alpha value is -1.86. The molecule has 0 N–H and O–H groups in total. The van der Waals surface area contributed by atoms with Gasteiger partial charge in [0.1, 0.15) is 0 Å². The van der Waals surface area contributed by atoms with Crippen molar-refractivity contribution in [2.24, 2.45) is 0 Å². The minimum atomic E-state index is 0.304. The standard InChI is InChI=1S/C12H10ClN3O/c1-17-12-15-6-9(7-16-12)11-4-10(13)3-2-8(11)5-14/h4,6-7H,2-3H2,1H3. The summed E-state index contributed by atoms with van der Waals surface area (Å²) in [5, 5.41) is 9.81. The van der Waals surface area contributed by atoms with Gasteiger partial charge in [0.2, 0.25) is 0 Å². The topological polar surface area (TPSA) is 58.8 Å². The maximum Gasteiger partial charge on any atom is 0.316 e. The van der Waals surface area contributed by atoms with Gasteiger partial charge in [-0.1, -0.05) is 11.6 Å². The van der Waals surface area contributed by atoms with Gasteiger partial charge in [-0.25, -0.2) is 9.97 Å². The monoisotopic (exact) mass is 247 g/mol. The zero-order chi connectivity index (χ0) is 12.3. The molecule has 0 amide bonds. The summed E-state index contributed by atoms with van der Waals surface area (Å²) < 4.78 is 4.89. The van der Waals surface area contributed by atoms with Crippen LogP contribution in [0.15, 0.2) is 29.1 Å². The van der Waals surface area contributed by atoms with E-state index in [0.717, 1.165) is 16.2 Å². The molecule has 5 heteroatoms. The Bertz CT molecular complexity index is 526. The molecule has 0 unspecified atom stereocenters. The number of nitriles is 1. The largest absolute Gasteiger partial charge is 0.467 e. The predicted octanol–water partition coefficient (Wildman–Crippen LogP) is 2.68. The number of allylic oxidation sites excluding steroid dienone is 4. The average Bonchev–Trinajstić information content (AvgIpc) is 2.39. The van der Waals surface area contributed by atoms with E-state index in [1.807, 2.05) is 0 Å². The minimum Gasteiger partial charge on any atom is -0.467 e. The lowest BCUT2D eigenvalue weighted by Gasteiger charge is -2.12. The van der Waals surface area contributed by atoms with E-state index in [0.29, 0.717) is 24.4 Å². The van der Waals surface area contributed by atoms with Crippen molar-refractivity contribution >= 4 is 17.2 Å². The molecule has 0 saturated carbocycles. The van der Waals surface area contributed by atoms with Crippen molar-refractivity contribution in [2.75, 3.05) is 7.11 Å². The van der Waals surface area contributed by atoms with Crippen molar-refractivity contribution in [1.29, 1.82) is 5.26 Å². The second kappa shape index (κ2) is 4.98. The summed E-state index contributed by atoms with van der Waals surface area (Å²) in [6.45, 7) is 0. The Labute approximate surface area is 104 Å². The molecule has 0 spiro atoms. The first-order valence-electron chi connectivity index (χ1n) is 5.10. The fourth-order valence-corrected chi connectivity index (χ4v) is 1.83. The summed E-state index contributed by atoms with van der Waals surface area (Å²) in [7, 11) is 1.51. The van der Waals surface area contributed by atoms with Gasteiger partial charge in [-0.15, -0.1) is 0 Å². The molecular weight excluding hydrogens is 238 g/mol. The number of halogens is 1. The lowest BCUT2D eigenvalue weighted by molar-refractivity contribution is 0.379. The molecule has 0 radical (unpaired) electrons. The Balaban J connectivity index is 2.43. The summed E-state index contributed by atoms with van der Waals surface area (Å²) in [5.41, 5.74) is 2.29. The van der Waals surface area contributed by atoms with Gasteiger partial charge in [-0.2, -0.15) is 5.26 Å². The quantitative estimate of drug-likeness (QED) is 0.806. The molecule has 1 aromatic rings. The fourth-order valence-electron chi connectivity index (χ4n) is 1.63. The van der Waals surface area contributed by atoms with Crippen LogP contribution in [0.2, 0.25) is 0 Å². The van der Waals surface area contributed by atoms with Crippen LogP contribution in [0.3, 0.4) is 0 Å². The first kappa shape index (κ1) is 11.6. The summed E-state index contributed by atoms with van der Waals surface area (Å²) in [4.78, 5) is 8.03. The molecule has 1 aromatic heterocycles. The van der Waals surface area contributed by atoms with Gasteiger partial charge >= 0.3 is 6.01 Å². The summed E-state index contributed by atoms with van der Waals surface area (Å²) in [5.74, 6) is 0. The van der Waals surface area contributed by atoms with E-state index in [1.165, 1.54) is 7.11 Å². The van der Waals surface area contributed by atoms with E-state index in [9.17, 15) is 0 Å². The van der Waals surface area contributed by atoms with E-state index < -0.39 is 0 Å². The minimum absolute atomic E-state index is 0.304. The van der Waals surface area contributed by atoms with Crippen LogP contribution < -0.4 is 4.74 Å². The smallest absolute Gasteiger partial charge is 0.316 e. The zero-order valence-electron chi connectivity index (χ0n) is 9.27. The third-order valence-electron chi connectivity index (χ3n) is 2.50. The van der Waals surface area contributed by atoms with Gasteiger partial charge in [0.15, 0.2) is 0 Å². The van der Waals surface area contributed by atoms with Crippen LogP contribution in [0.4, 0.5) is 0 Å². The van der Waals surface area contributed by atoms with Crippen LogP contribution in [0, 0.1) is 11.3 Å². The molecular formula is C12H10ClN3O. The highest BCUT2D eigenvalue weighted by Gasteiger charge is 2.14. The second-order valence-electron chi connectivity index (χ2n) is 3.55. The lowest BCUT2D eigenvalue weighted by Crippen LogP contribution is -1.98. The van der Waals surface area contributed by atoms with Crippen molar-refractivity contribution in [3.8, 4) is 12.1 Å². The Morgan fingerprint density at radius 2 is 2.06 bits per heavy atom. The molecule has 0 saturated heterocycles. The van der Waals surface area contributed by atoms with Crippen LogP contribution in [-0.4, -0.2) is 17.1 Å². The maximum absolute atomic E-state index is 9.06. The predicted molar refractivity (Wildman–Crippen MR) is 64.3 cm³/mol. The highest BCUT2D eigenvalue weighted by atomic mass is 35.5. The molecule has 0 aliphatic heterocycles. The zero-order valence-corrected chi connectivity index (χ0v) is 10.0. The van der Waals surface area contributed by atoms with Crippen molar-refractivity contribution < 1.29 is 4.74 Å². The van der Waals surface area contributed by atoms with Crippen LogP contribution >= 0.6 is 11.6 Å². The van der Waals surface area contributed by atoms with Crippen LogP contribution in [0.25, 0.3) is 5.57 Å². The Morgan fingerprint density at radius 1 is 1.35 bits per heavy atom. The van der Waals surface area contributed by atoms with Crippen LogP contribution in [0.1, 0.15) is 18.4 Å². The Kier molecular flexibility index (Phi) is 3.40. The highest BCUT2D eigenvalue weighted by Crippen LogP contribution is 2.31. The first-order valence-corrected chi connectivity index (χ1v) is 5.48. The van der Waals surface area contributed by atoms with E-state index in [-0.39, 0.29) is 0 Å². The van der Waals surface area contributed by atoms with Gasteiger partial charge in [0.25, 0.3) is 0 Å². The molecule has 86 valence electrons. The highest BCUT2D eigenvalue weighted by molar-refractivity contribution is 6.30. The second-order valence-corrected chi connectivity index (χ2v) is 4.04. The number of methoxy groups -OCH3 is 1. The molecule has 0 atom stereocenters. The molecule has 0 aromatic carbocycles. The molecule has 0 bridgehead atoms. The lowest BCUT2D eigenvalue weighted by atomic mass is 9.94. The maximum atomic E-state index is 9.06. The summed E-state index contributed by atoms with van der Waals surface area (Å²) in [6.07, 6.45) is 6.43. The first-order chi connectivity index (χ1) is 8.24. The molecule has 17 heavy (non-hydrogen) atoms. The number of hydrogen-bond acceptors (Lipinski definition) is 4. The van der Waals surface area contributed by atoms with Gasteiger partial charge in [-0.3, -0.25) is 0 Å². The average molecular weight is 248 g/mol. The van der Waals surface area contributed by atoms with E-state index in [4.69, 9.17) is 21.6 Å². The molecule has 1 heterocycles. The van der Waals surface area contributed by atoms with Crippen LogP contribution in [-0.2, 0) is 0 Å². The summed E-state index contributed by atoms with van der Waals surface area (Å²) >= 11 is 5.99. The van der Waals surface area contributed by atoms with Crippen molar-refractivity contribution in [1.82, 2.24) is 9.97 Å². The third kappa shape index (κ3) is 2.45. The van der Waals surface area contributed by atoms with Gasteiger partial charge in [0, 0.05) is 28.6 Å². The van der Waals surface area contributed by atoms with Crippen LogP contribution in [0.5, 0.6) is 6.01 Å². The molecule has 4 nitrogen and oxygen atoms in total. The van der Waals surface area contributed by atoms with Crippen molar-refractivity contribution in [3.63, 3.8) is 0 Å². The van der Waals surface area contributed by atoms with E-state index >= 15 is 0 Å². The number of aromatic nitrogens is 2.